The molecule has 1 aliphatic heterocycles. The van der Waals surface area contributed by atoms with Crippen LogP contribution in [0.4, 0.5) is 0 Å². The predicted octanol–water partition coefficient (Wildman–Crippen LogP) is 2.96. The van der Waals surface area contributed by atoms with Crippen molar-refractivity contribution >= 4 is 5.91 Å². The Morgan fingerprint density at radius 3 is 2.46 bits per heavy atom. The predicted molar refractivity (Wildman–Crippen MR) is 93.7 cm³/mol. The zero-order chi connectivity index (χ0) is 16.9. The van der Waals surface area contributed by atoms with E-state index >= 15 is 0 Å². The molecule has 1 aliphatic rings. The van der Waals surface area contributed by atoms with Crippen LogP contribution in [0.3, 0.4) is 0 Å². The number of carbonyl (C=O) groups is 1. The second-order valence-electron chi connectivity index (χ2n) is 6.27. The third-order valence-corrected chi connectivity index (χ3v) is 4.48. The number of rotatable bonds is 5. The molecule has 0 saturated carbocycles. The molecule has 2 atom stereocenters. The number of hydrogen-bond acceptors (Lipinski definition) is 3. The van der Waals surface area contributed by atoms with Crippen LogP contribution in [-0.2, 0) is 4.79 Å². The number of likely N-dealkylation sites (tertiary alicyclic amines) is 1. The Bertz CT molecular complexity index is 669. The van der Waals surface area contributed by atoms with E-state index in [1.54, 1.807) is 11.8 Å². The minimum absolute atomic E-state index is 0.0157. The topological polar surface area (TPSA) is 49.8 Å². The van der Waals surface area contributed by atoms with E-state index in [1.165, 1.54) is 0 Å². The smallest absolute Gasteiger partial charge is 0.263 e. The average Bonchev–Trinajstić information content (AvgIpc) is 3.11. The summed E-state index contributed by atoms with van der Waals surface area (Å²) in [5, 5.41) is 9.19. The lowest BCUT2D eigenvalue weighted by atomic mass is 10.1. The van der Waals surface area contributed by atoms with Gasteiger partial charge in [-0.3, -0.25) is 4.79 Å². The Balaban J connectivity index is 1.60. The quantitative estimate of drug-likeness (QED) is 0.919. The molecule has 2 unspecified atom stereocenters. The standard InChI is InChI=1S/C20H23NO3/c1-15(20(23)21-12-11-16(13-21)14-22)24-19-9-7-18(8-10-19)17-5-3-2-4-6-17/h2-10,15-16,22H,11-14H2,1H3. The first-order chi connectivity index (χ1) is 11.7. The van der Waals surface area contributed by atoms with Crippen LogP contribution in [-0.4, -0.2) is 41.7 Å². The molecule has 0 aromatic heterocycles. The fourth-order valence-corrected chi connectivity index (χ4v) is 3.05. The van der Waals surface area contributed by atoms with Crippen LogP contribution in [0.1, 0.15) is 13.3 Å². The van der Waals surface area contributed by atoms with E-state index in [-0.39, 0.29) is 18.4 Å². The number of aliphatic hydroxyl groups is 1. The summed E-state index contributed by atoms with van der Waals surface area (Å²) in [6.45, 7) is 3.24. The van der Waals surface area contributed by atoms with E-state index < -0.39 is 6.10 Å². The Morgan fingerprint density at radius 1 is 1.17 bits per heavy atom. The van der Waals surface area contributed by atoms with Crippen molar-refractivity contribution in [2.45, 2.75) is 19.4 Å². The number of carbonyl (C=O) groups excluding carboxylic acids is 1. The van der Waals surface area contributed by atoms with E-state index in [2.05, 4.69) is 12.1 Å². The molecular weight excluding hydrogens is 302 g/mol. The van der Waals surface area contributed by atoms with Crippen molar-refractivity contribution in [2.24, 2.45) is 5.92 Å². The Morgan fingerprint density at radius 2 is 1.83 bits per heavy atom. The maximum Gasteiger partial charge on any atom is 0.263 e. The fraction of sp³-hybridized carbons (Fsp3) is 0.350. The third kappa shape index (κ3) is 3.77. The molecule has 1 N–H and O–H groups in total. The van der Waals surface area contributed by atoms with Crippen LogP contribution < -0.4 is 4.74 Å². The summed E-state index contributed by atoms with van der Waals surface area (Å²) in [5.74, 6) is 0.873. The minimum Gasteiger partial charge on any atom is -0.481 e. The van der Waals surface area contributed by atoms with Crippen molar-refractivity contribution in [1.29, 1.82) is 0 Å². The molecule has 0 radical (unpaired) electrons. The minimum atomic E-state index is -0.523. The van der Waals surface area contributed by atoms with E-state index in [1.807, 2.05) is 42.5 Å². The van der Waals surface area contributed by atoms with Gasteiger partial charge < -0.3 is 14.7 Å². The van der Waals surface area contributed by atoms with Gasteiger partial charge in [-0.25, -0.2) is 0 Å². The van der Waals surface area contributed by atoms with Crippen LogP contribution in [0.15, 0.2) is 54.6 Å². The van der Waals surface area contributed by atoms with Gasteiger partial charge in [0, 0.05) is 25.6 Å². The summed E-state index contributed by atoms with van der Waals surface area (Å²) in [4.78, 5) is 14.2. The summed E-state index contributed by atoms with van der Waals surface area (Å²) in [5.41, 5.74) is 2.27. The van der Waals surface area contributed by atoms with E-state index in [4.69, 9.17) is 4.74 Å². The first-order valence-corrected chi connectivity index (χ1v) is 8.39. The van der Waals surface area contributed by atoms with Crippen molar-refractivity contribution in [2.75, 3.05) is 19.7 Å². The Hall–Kier alpha value is -2.33. The lowest BCUT2D eigenvalue weighted by Gasteiger charge is -2.21. The molecule has 0 spiro atoms. The van der Waals surface area contributed by atoms with Crippen molar-refractivity contribution in [3.05, 3.63) is 54.6 Å². The number of hydrogen-bond donors (Lipinski definition) is 1. The maximum absolute atomic E-state index is 12.4. The number of nitrogens with zero attached hydrogens (tertiary/aromatic N) is 1. The molecule has 1 heterocycles. The first kappa shape index (κ1) is 16.5. The number of amides is 1. The van der Waals surface area contributed by atoms with Crippen molar-refractivity contribution in [3.63, 3.8) is 0 Å². The van der Waals surface area contributed by atoms with Gasteiger partial charge in [0.1, 0.15) is 5.75 Å². The molecule has 0 bridgehead atoms. The molecule has 1 fully saturated rings. The van der Waals surface area contributed by atoms with E-state index in [0.717, 1.165) is 17.5 Å². The van der Waals surface area contributed by atoms with Crippen LogP contribution in [0, 0.1) is 5.92 Å². The van der Waals surface area contributed by atoms with Gasteiger partial charge in [-0.15, -0.1) is 0 Å². The van der Waals surface area contributed by atoms with E-state index in [0.29, 0.717) is 18.8 Å². The number of benzene rings is 2. The molecule has 4 heteroatoms. The number of ether oxygens (including phenoxy) is 1. The fourth-order valence-electron chi connectivity index (χ4n) is 3.05. The normalized spacial score (nSPS) is 18.4. The Kier molecular flexibility index (Phi) is 5.16. The molecular formula is C20H23NO3. The van der Waals surface area contributed by atoms with Gasteiger partial charge in [0.25, 0.3) is 5.91 Å². The highest BCUT2D eigenvalue weighted by Gasteiger charge is 2.29. The highest BCUT2D eigenvalue weighted by atomic mass is 16.5. The van der Waals surface area contributed by atoms with Gasteiger partial charge in [-0.2, -0.15) is 0 Å². The number of aliphatic hydroxyl groups excluding tert-OH is 1. The van der Waals surface area contributed by atoms with Gasteiger partial charge in [-0.05, 0) is 36.6 Å². The summed E-state index contributed by atoms with van der Waals surface area (Å²) >= 11 is 0. The van der Waals surface area contributed by atoms with Crippen molar-refractivity contribution < 1.29 is 14.6 Å². The summed E-state index contributed by atoms with van der Waals surface area (Å²) in [7, 11) is 0. The summed E-state index contributed by atoms with van der Waals surface area (Å²) in [6, 6.07) is 17.9. The van der Waals surface area contributed by atoms with Crippen LogP contribution in [0.2, 0.25) is 0 Å². The zero-order valence-electron chi connectivity index (χ0n) is 13.9. The molecule has 2 aromatic rings. The highest BCUT2D eigenvalue weighted by Crippen LogP contribution is 2.23. The zero-order valence-corrected chi connectivity index (χ0v) is 13.9. The summed E-state index contributed by atoms with van der Waals surface area (Å²) < 4.78 is 5.79. The summed E-state index contributed by atoms with van der Waals surface area (Å²) in [6.07, 6.45) is 0.339. The second-order valence-corrected chi connectivity index (χ2v) is 6.27. The molecule has 126 valence electrons. The van der Waals surface area contributed by atoms with Gasteiger partial charge in [0.15, 0.2) is 6.10 Å². The van der Waals surface area contributed by atoms with Crippen molar-refractivity contribution in [3.8, 4) is 16.9 Å². The highest BCUT2D eigenvalue weighted by molar-refractivity contribution is 5.81. The maximum atomic E-state index is 12.4. The van der Waals surface area contributed by atoms with Crippen molar-refractivity contribution in [1.82, 2.24) is 4.90 Å². The molecule has 0 aliphatic carbocycles. The SMILES string of the molecule is CC(Oc1ccc(-c2ccccc2)cc1)C(=O)N1CCC(CO)C1. The molecule has 4 nitrogen and oxygen atoms in total. The van der Waals surface area contributed by atoms with Gasteiger partial charge >= 0.3 is 0 Å². The third-order valence-electron chi connectivity index (χ3n) is 4.48. The van der Waals surface area contributed by atoms with Gasteiger partial charge in [0.2, 0.25) is 0 Å². The molecule has 1 amide bonds. The molecule has 24 heavy (non-hydrogen) atoms. The lowest BCUT2D eigenvalue weighted by molar-refractivity contribution is -0.137. The molecule has 3 rings (SSSR count). The monoisotopic (exact) mass is 325 g/mol. The van der Waals surface area contributed by atoms with Crippen LogP contribution in [0.5, 0.6) is 5.75 Å². The lowest BCUT2D eigenvalue weighted by Crippen LogP contribution is -2.39. The van der Waals surface area contributed by atoms with E-state index in [9.17, 15) is 9.90 Å². The largest absolute Gasteiger partial charge is 0.481 e. The molecule has 1 saturated heterocycles. The van der Waals surface area contributed by atoms with Gasteiger partial charge in [0.05, 0.1) is 0 Å². The second kappa shape index (κ2) is 7.49. The van der Waals surface area contributed by atoms with Crippen LogP contribution in [0.25, 0.3) is 11.1 Å². The molecule has 2 aromatic carbocycles. The Labute approximate surface area is 142 Å². The van der Waals surface area contributed by atoms with Crippen LogP contribution >= 0.6 is 0 Å². The first-order valence-electron chi connectivity index (χ1n) is 8.39. The average molecular weight is 325 g/mol. The van der Waals surface area contributed by atoms with Gasteiger partial charge in [-0.1, -0.05) is 42.5 Å².